The molecule has 2 atom stereocenters. The van der Waals surface area contributed by atoms with Crippen molar-refractivity contribution in [2.75, 3.05) is 13.2 Å². The van der Waals surface area contributed by atoms with E-state index in [1.165, 1.54) is 12.2 Å². The van der Waals surface area contributed by atoms with Gasteiger partial charge in [-0.05, 0) is 24.1 Å². The molecule has 0 heterocycles. The molecule has 0 amide bonds. The Morgan fingerprint density at radius 3 is 2.19 bits per heavy atom. The monoisotopic (exact) mass is 370 g/mol. The van der Waals surface area contributed by atoms with Gasteiger partial charge in [-0.3, -0.25) is 0 Å². The van der Waals surface area contributed by atoms with Gasteiger partial charge in [0.25, 0.3) is 0 Å². The molecule has 0 unspecified atom stereocenters. The molecule has 0 radical (unpaired) electrons. The zero-order valence-corrected chi connectivity index (χ0v) is 15.5. The molecule has 0 bridgehead atoms. The number of esters is 1. The predicted octanol–water partition coefficient (Wildman–Crippen LogP) is 3.27. The molecule has 0 saturated carbocycles. The highest BCUT2D eigenvalue weighted by Crippen LogP contribution is 2.10. The Bertz CT molecular complexity index is 684. The van der Waals surface area contributed by atoms with Gasteiger partial charge >= 0.3 is 5.97 Å². The number of hydrogen-bond donors (Lipinski definition) is 1. The van der Waals surface area contributed by atoms with Crippen LogP contribution in [-0.4, -0.2) is 36.5 Å². The number of benzene rings is 2. The van der Waals surface area contributed by atoms with Gasteiger partial charge in [0.15, 0.2) is 0 Å². The van der Waals surface area contributed by atoms with E-state index < -0.39 is 18.2 Å². The van der Waals surface area contributed by atoms with Gasteiger partial charge in [-0.25, -0.2) is 4.79 Å². The molecule has 0 aliphatic carbocycles. The summed E-state index contributed by atoms with van der Waals surface area (Å²) in [5.74, 6) is -0.469. The van der Waals surface area contributed by atoms with Crippen LogP contribution in [0.2, 0.25) is 0 Å². The number of aliphatic hydroxyl groups is 1. The summed E-state index contributed by atoms with van der Waals surface area (Å²) in [5.41, 5.74) is 2.00. The standard InChI is InChI=1S/C22H26O5/c1-2-26-22(24)14-13-21(27-16-19-11-7-4-8-12-19)20(23)17-25-15-18-9-5-3-6-10-18/h3-14,20-21,23H,2,15-17H2,1H3/b14-13+/t20-,21-/m1/s1. The molecular weight excluding hydrogens is 344 g/mol. The van der Waals surface area contributed by atoms with Crippen molar-refractivity contribution in [3.05, 3.63) is 83.9 Å². The van der Waals surface area contributed by atoms with Crippen LogP contribution in [-0.2, 0) is 32.2 Å². The first-order valence-electron chi connectivity index (χ1n) is 8.99. The SMILES string of the molecule is CCOC(=O)/C=C/[C@@H](OCc1ccccc1)[C@H](O)COCc1ccccc1. The maximum absolute atomic E-state index is 11.6. The van der Waals surface area contributed by atoms with Crippen LogP contribution >= 0.6 is 0 Å². The number of carbonyl (C=O) groups excluding carboxylic acids is 1. The Labute approximate surface area is 160 Å². The van der Waals surface area contributed by atoms with Crippen molar-refractivity contribution in [2.45, 2.75) is 32.3 Å². The van der Waals surface area contributed by atoms with Gasteiger partial charge < -0.3 is 19.3 Å². The molecule has 0 aromatic heterocycles. The quantitative estimate of drug-likeness (QED) is 0.486. The lowest BCUT2D eigenvalue weighted by Crippen LogP contribution is -2.31. The summed E-state index contributed by atoms with van der Waals surface area (Å²) in [6.45, 7) is 2.82. The summed E-state index contributed by atoms with van der Waals surface area (Å²) in [7, 11) is 0. The molecular formula is C22H26O5. The van der Waals surface area contributed by atoms with Crippen molar-refractivity contribution in [2.24, 2.45) is 0 Å². The highest BCUT2D eigenvalue weighted by molar-refractivity contribution is 5.81. The van der Waals surface area contributed by atoms with Crippen molar-refractivity contribution in [3.8, 4) is 0 Å². The Kier molecular flexibility index (Phi) is 9.27. The van der Waals surface area contributed by atoms with E-state index in [1.807, 2.05) is 60.7 Å². The summed E-state index contributed by atoms with van der Waals surface area (Å²) >= 11 is 0. The van der Waals surface area contributed by atoms with E-state index in [4.69, 9.17) is 14.2 Å². The smallest absolute Gasteiger partial charge is 0.330 e. The number of aliphatic hydroxyl groups excluding tert-OH is 1. The molecule has 0 spiro atoms. The molecule has 0 fully saturated rings. The van der Waals surface area contributed by atoms with Crippen molar-refractivity contribution in [3.63, 3.8) is 0 Å². The van der Waals surface area contributed by atoms with Crippen LogP contribution in [0.25, 0.3) is 0 Å². The molecule has 1 N–H and O–H groups in total. The summed E-state index contributed by atoms with van der Waals surface area (Å²) in [5, 5.41) is 10.5. The first-order valence-corrected chi connectivity index (χ1v) is 8.99. The van der Waals surface area contributed by atoms with Gasteiger partial charge in [0.2, 0.25) is 0 Å². The minimum absolute atomic E-state index is 0.0848. The fourth-order valence-corrected chi connectivity index (χ4v) is 2.39. The molecule has 5 heteroatoms. The first kappa shape index (κ1) is 20.8. The summed E-state index contributed by atoms with van der Waals surface area (Å²) < 4.78 is 16.3. The van der Waals surface area contributed by atoms with Gasteiger partial charge in [-0.1, -0.05) is 60.7 Å². The van der Waals surface area contributed by atoms with E-state index in [0.29, 0.717) is 19.8 Å². The second-order valence-corrected chi connectivity index (χ2v) is 5.94. The Balaban J connectivity index is 1.91. The van der Waals surface area contributed by atoms with Crippen LogP contribution in [0, 0.1) is 0 Å². The second-order valence-electron chi connectivity index (χ2n) is 5.94. The van der Waals surface area contributed by atoms with Crippen LogP contribution in [0.15, 0.2) is 72.8 Å². The third-order valence-corrected chi connectivity index (χ3v) is 3.77. The summed E-state index contributed by atoms with van der Waals surface area (Å²) in [4.78, 5) is 11.6. The topological polar surface area (TPSA) is 65.0 Å². The number of rotatable bonds is 11. The fraction of sp³-hybridized carbons (Fsp3) is 0.318. The Morgan fingerprint density at radius 1 is 1.00 bits per heavy atom. The molecule has 0 aliphatic heterocycles. The third kappa shape index (κ3) is 8.17. The molecule has 2 rings (SSSR count). The van der Waals surface area contributed by atoms with Crippen LogP contribution in [0.4, 0.5) is 0 Å². The zero-order chi connectivity index (χ0) is 19.3. The van der Waals surface area contributed by atoms with Crippen LogP contribution in [0.3, 0.4) is 0 Å². The minimum atomic E-state index is -0.914. The van der Waals surface area contributed by atoms with E-state index in [0.717, 1.165) is 11.1 Å². The van der Waals surface area contributed by atoms with E-state index in [2.05, 4.69) is 0 Å². The average Bonchev–Trinajstić information content (AvgIpc) is 2.69. The van der Waals surface area contributed by atoms with Crippen LogP contribution in [0.5, 0.6) is 0 Å². The van der Waals surface area contributed by atoms with Gasteiger partial charge in [0, 0.05) is 6.08 Å². The van der Waals surface area contributed by atoms with Crippen molar-refractivity contribution >= 4 is 5.97 Å². The number of hydrogen-bond acceptors (Lipinski definition) is 5. The maximum atomic E-state index is 11.6. The highest BCUT2D eigenvalue weighted by atomic mass is 16.5. The summed E-state index contributed by atoms with van der Waals surface area (Å²) in [6.07, 6.45) is 1.19. The molecule has 5 nitrogen and oxygen atoms in total. The van der Waals surface area contributed by atoms with Gasteiger partial charge in [0.1, 0.15) is 12.2 Å². The zero-order valence-electron chi connectivity index (χ0n) is 15.5. The Morgan fingerprint density at radius 2 is 1.59 bits per heavy atom. The predicted molar refractivity (Wildman–Crippen MR) is 103 cm³/mol. The first-order chi connectivity index (χ1) is 13.2. The average molecular weight is 370 g/mol. The fourth-order valence-electron chi connectivity index (χ4n) is 2.39. The maximum Gasteiger partial charge on any atom is 0.330 e. The molecule has 2 aromatic carbocycles. The van der Waals surface area contributed by atoms with Crippen LogP contribution < -0.4 is 0 Å². The minimum Gasteiger partial charge on any atom is -0.463 e. The lowest BCUT2D eigenvalue weighted by atomic mass is 10.2. The normalized spacial score (nSPS) is 13.4. The van der Waals surface area contributed by atoms with Crippen LogP contribution in [0.1, 0.15) is 18.1 Å². The lowest BCUT2D eigenvalue weighted by Gasteiger charge is -2.21. The van der Waals surface area contributed by atoms with Crippen molar-refractivity contribution in [1.82, 2.24) is 0 Å². The highest BCUT2D eigenvalue weighted by Gasteiger charge is 2.18. The third-order valence-electron chi connectivity index (χ3n) is 3.77. The van der Waals surface area contributed by atoms with E-state index in [9.17, 15) is 9.90 Å². The van der Waals surface area contributed by atoms with E-state index >= 15 is 0 Å². The Hall–Kier alpha value is -2.47. The molecule has 0 saturated heterocycles. The molecule has 27 heavy (non-hydrogen) atoms. The largest absolute Gasteiger partial charge is 0.463 e. The van der Waals surface area contributed by atoms with E-state index in [1.54, 1.807) is 6.92 Å². The van der Waals surface area contributed by atoms with Crippen molar-refractivity contribution < 1.29 is 24.1 Å². The van der Waals surface area contributed by atoms with Gasteiger partial charge in [-0.15, -0.1) is 0 Å². The lowest BCUT2D eigenvalue weighted by molar-refractivity contribution is -0.137. The second kappa shape index (κ2) is 12.0. The van der Waals surface area contributed by atoms with E-state index in [-0.39, 0.29) is 6.61 Å². The molecule has 2 aromatic rings. The summed E-state index contributed by atoms with van der Waals surface area (Å²) in [6, 6.07) is 19.3. The molecule has 144 valence electrons. The molecule has 0 aliphatic rings. The number of ether oxygens (including phenoxy) is 3. The van der Waals surface area contributed by atoms with Gasteiger partial charge in [-0.2, -0.15) is 0 Å². The van der Waals surface area contributed by atoms with Gasteiger partial charge in [0.05, 0.1) is 26.4 Å². The van der Waals surface area contributed by atoms with Crippen molar-refractivity contribution in [1.29, 1.82) is 0 Å². The number of carbonyl (C=O) groups is 1.